The van der Waals surface area contributed by atoms with E-state index in [0.29, 0.717) is 12.3 Å². The Morgan fingerprint density at radius 1 is 1.31 bits per heavy atom. The van der Waals surface area contributed by atoms with Gasteiger partial charge in [-0.3, -0.25) is 4.90 Å². The van der Waals surface area contributed by atoms with Gasteiger partial charge in [0.1, 0.15) is 16.7 Å². The quantitative estimate of drug-likeness (QED) is 0.556. The number of nitrogens with one attached hydrogen (secondary N) is 1. The van der Waals surface area contributed by atoms with Crippen molar-refractivity contribution in [1.29, 1.82) is 0 Å². The number of morpholine rings is 1. The van der Waals surface area contributed by atoms with Gasteiger partial charge in [0, 0.05) is 19.6 Å². The maximum absolute atomic E-state index is 12.5. The van der Waals surface area contributed by atoms with Gasteiger partial charge in [0.2, 0.25) is 5.69 Å². The van der Waals surface area contributed by atoms with Gasteiger partial charge in [-0.2, -0.15) is 4.40 Å². The van der Waals surface area contributed by atoms with Crippen molar-refractivity contribution in [2.24, 2.45) is 0 Å². The van der Waals surface area contributed by atoms with Crippen LogP contribution in [0.4, 0.5) is 0 Å². The molecule has 138 valence electrons. The van der Waals surface area contributed by atoms with Crippen molar-refractivity contribution in [3.05, 3.63) is 35.7 Å². The summed E-state index contributed by atoms with van der Waals surface area (Å²) in [4.78, 5) is 18.3. The van der Waals surface area contributed by atoms with Crippen LogP contribution in [0.5, 0.6) is 0 Å². The summed E-state index contributed by atoms with van der Waals surface area (Å²) >= 11 is 0. The summed E-state index contributed by atoms with van der Waals surface area (Å²) in [5.74, 6) is 0.623. The molecule has 2 aromatic heterocycles. The SMILES string of the molecule is CCOC(=O)c1c(C)[nH]c2n1c1ccccc1[n+]2CCN1CCOCC1. The van der Waals surface area contributed by atoms with Gasteiger partial charge in [-0.1, -0.05) is 12.1 Å². The molecule has 7 heteroatoms. The van der Waals surface area contributed by atoms with Crippen molar-refractivity contribution in [3.8, 4) is 0 Å². The van der Waals surface area contributed by atoms with Crippen molar-refractivity contribution in [2.75, 3.05) is 39.5 Å². The summed E-state index contributed by atoms with van der Waals surface area (Å²) in [6, 6.07) is 8.17. The monoisotopic (exact) mass is 357 g/mol. The lowest BCUT2D eigenvalue weighted by Crippen LogP contribution is -2.44. The number of H-pyrrole nitrogens is 1. The van der Waals surface area contributed by atoms with Crippen LogP contribution >= 0.6 is 0 Å². The van der Waals surface area contributed by atoms with Gasteiger partial charge in [-0.15, -0.1) is 0 Å². The number of carbonyl (C=O) groups excluding carboxylic acids is 1. The molecule has 0 unspecified atom stereocenters. The third kappa shape index (κ3) is 2.87. The highest BCUT2D eigenvalue weighted by Crippen LogP contribution is 2.20. The molecule has 1 fully saturated rings. The van der Waals surface area contributed by atoms with E-state index in [1.54, 1.807) is 0 Å². The van der Waals surface area contributed by atoms with Gasteiger partial charge in [0.25, 0.3) is 0 Å². The first-order valence-corrected chi connectivity index (χ1v) is 9.19. The lowest BCUT2D eigenvalue weighted by atomic mass is 10.3. The van der Waals surface area contributed by atoms with E-state index in [0.717, 1.165) is 61.9 Å². The first-order valence-electron chi connectivity index (χ1n) is 9.19. The zero-order chi connectivity index (χ0) is 18.1. The Morgan fingerprint density at radius 2 is 2.08 bits per heavy atom. The first-order chi connectivity index (χ1) is 12.7. The van der Waals surface area contributed by atoms with E-state index >= 15 is 0 Å². The molecular formula is C19H25N4O3+. The van der Waals surface area contributed by atoms with Gasteiger partial charge in [0.05, 0.1) is 26.4 Å². The fourth-order valence-corrected chi connectivity index (χ4v) is 3.71. The Hall–Kier alpha value is -2.38. The number of aryl methyl sites for hydroxylation is 1. The molecule has 1 aliphatic heterocycles. The average molecular weight is 357 g/mol. The molecule has 3 aromatic rings. The molecule has 0 spiro atoms. The molecule has 0 saturated carbocycles. The molecule has 4 rings (SSSR count). The molecule has 1 aromatic carbocycles. The van der Waals surface area contributed by atoms with Crippen LogP contribution in [0.15, 0.2) is 24.3 Å². The smallest absolute Gasteiger partial charge is 0.374 e. The third-order valence-electron chi connectivity index (χ3n) is 4.97. The minimum absolute atomic E-state index is 0.294. The second kappa shape index (κ2) is 7.09. The normalized spacial score (nSPS) is 15.8. The van der Waals surface area contributed by atoms with E-state index in [4.69, 9.17) is 9.47 Å². The van der Waals surface area contributed by atoms with Gasteiger partial charge in [-0.25, -0.2) is 14.3 Å². The number of ether oxygens (including phenoxy) is 2. The Morgan fingerprint density at radius 3 is 2.85 bits per heavy atom. The van der Waals surface area contributed by atoms with Gasteiger partial charge in [0.15, 0.2) is 0 Å². The zero-order valence-electron chi connectivity index (χ0n) is 15.3. The highest BCUT2D eigenvalue weighted by Gasteiger charge is 2.29. The topological polar surface area (TPSA) is 62.9 Å². The summed E-state index contributed by atoms with van der Waals surface area (Å²) in [5, 5.41) is 0. The third-order valence-corrected chi connectivity index (χ3v) is 4.97. The molecule has 3 heterocycles. The highest BCUT2D eigenvalue weighted by atomic mass is 16.5. The number of hydrogen-bond donors (Lipinski definition) is 1. The number of benzene rings is 1. The van der Waals surface area contributed by atoms with Crippen molar-refractivity contribution >= 4 is 22.8 Å². The second-order valence-corrected chi connectivity index (χ2v) is 6.57. The van der Waals surface area contributed by atoms with E-state index in [1.165, 1.54) is 0 Å². The molecule has 1 saturated heterocycles. The molecule has 7 nitrogen and oxygen atoms in total. The zero-order valence-corrected chi connectivity index (χ0v) is 15.3. The maximum atomic E-state index is 12.5. The lowest BCUT2D eigenvalue weighted by molar-refractivity contribution is -0.647. The van der Waals surface area contributed by atoms with Crippen molar-refractivity contribution in [3.63, 3.8) is 0 Å². The molecule has 1 aliphatic rings. The molecule has 0 bridgehead atoms. The van der Waals surface area contributed by atoms with E-state index < -0.39 is 0 Å². The Balaban J connectivity index is 1.78. The van der Waals surface area contributed by atoms with Crippen LogP contribution in [0.1, 0.15) is 23.1 Å². The van der Waals surface area contributed by atoms with Crippen LogP contribution in [-0.2, 0) is 16.0 Å². The van der Waals surface area contributed by atoms with Crippen LogP contribution < -0.4 is 4.57 Å². The fraction of sp³-hybridized carbons (Fsp3) is 0.474. The lowest BCUT2D eigenvalue weighted by Gasteiger charge is -2.25. The standard InChI is InChI=1S/C19H24N4O3/c1-3-26-18(24)17-14(2)20-19-22(9-8-21-10-12-25-13-11-21)15-6-4-5-7-16(15)23(17)19/h4-7H,3,8-13H2,1-2H3/p+1. The van der Waals surface area contributed by atoms with Gasteiger partial charge < -0.3 is 9.47 Å². The Labute approximate surface area is 152 Å². The molecule has 26 heavy (non-hydrogen) atoms. The highest BCUT2D eigenvalue weighted by molar-refractivity contribution is 5.92. The van der Waals surface area contributed by atoms with E-state index in [1.807, 2.05) is 36.4 Å². The number of fused-ring (bicyclic) bond motifs is 3. The van der Waals surface area contributed by atoms with E-state index in [9.17, 15) is 4.79 Å². The summed E-state index contributed by atoms with van der Waals surface area (Å²) in [6.45, 7) is 9.43. The van der Waals surface area contributed by atoms with E-state index in [-0.39, 0.29) is 5.97 Å². The van der Waals surface area contributed by atoms with Crippen LogP contribution in [0.3, 0.4) is 0 Å². The molecular weight excluding hydrogens is 332 g/mol. The number of imidazole rings is 2. The summed E-state index contributed by atoms with van der Waals surface area (Å²) in [5.41, 5.74) is 3.52. The van der Waals surface area contributed by atoms with Crippen LogP contribution in [-0.4, -0.2) is 59.7 Å². The average Bonchev–Trinajstić information content (AvgIpc) is 3.14. The predicted octanol–water partition coefficient (Wildman–Crippen LogP) is 1.53. The second-order valence-electron chi connectivity index (χ2n) is 6.57. The minimum atomic E-state index is -0.294. The minimum Gasteiger partial charge on any atom is -0.460 e. The number of esters is 1. The van der Waals surface area contributed by atoms with Crippen LogP contribution in [0.25, 0.3) is 16.8 Å². The van der Waals surface area contributed by atoms with Crippen LogP contribution in [0, 0.1) is 6.92 Å². The van der Waals surface area contributed by atoms with Crippen molar-refractivity contribution in [1.82, 2.24) is 14.3 Å². The largest absolute Gasteiger partial charge is 0.460 e. The van der Waals surface area contributed by atoms with E-state index in [2.05, 4.69) is 20.5 Å². The fourth-order valence-electron chi connectivity index (χ4n) is 3.71. The predicted molar refractivity (Wildman–Crippen MR) is 97.4 cm³/mol. The van der Waals surface area contributed by atoms with Crippen molar-refractivity contribution in [2.45, 2.75) is 20.4 Å². The number of aromatic nitrogens is 3. The molecule has 0 atom stereocenters. The number of aromatic amines is 1. The van der Waals surface area contributed by atoms with Gasteiger partial charge >= 0.3 is 11.7 Å². The van der Waals surface area contributed by atoms with Gasteiger partial charge in [-0.05, 0) is 26.0 Å². The number of para-hydroxylation sites is 2. The van der Waals surface area contributed by atoms with Crippen LogP contribution in [0.2, 0.25) is 0 Å². The summed E-state index contributed by atoms with van der Waals surface area (Å²) in [7, 11) is 0. The Kier molecular flexibility index (Phi) is 4.65. The molecule has 0 amide bonds. The maximum Gasteiger partial charge on any atom is 0.374 e. The number of hydrogen-bond acceptors (Lipinski definition) is 4. The molecule has 0 aliphatic carbocycles. The van der Waals surface area contributed by atoms with Crippen molar-refractivity contribution < 1.29 is 18.8 Å². The molecule has 0 radical (unpaired) electrons. The molecule has 1 N–H and O–H groups in total. The summed E-state index contributed by atoms with van der Waals surface area (Å²) < 4.78 is 15.0. The number of rotatable bonds is 5. The summed E-state index contributed by atoms with van der Waals surface area (Å²) in [6.07, 6.45) is 0. The number of nitrogens with zero attached hydrogens (tertiary/aromatic N) is 3. The number of carbonyl (C=O) groups is 1. The first kappa shape index (κ1) is 17.1. The Bertz CT molecular complexity index is 937.